The molecule has 0 fully saturated rings. The van der Waals surface area contributed by atoms with Crippen molar-refractivity contribution in [1.82, 2.24) is 4.90 Å². The molecular weight excluding hydrogens is 342 g/mol. The van der Waals surface area contributed by atoms with Crippen molar-refractivity contribution in [2.75, 3.05) is 33.9 Å². The van der Waals surface area contributed by atoms with E-state index in [0.717, 1.165) is 24.2 Å². The molecule has 2 aromatic rings. The number of likely N-dealkylation sites (N-methyl/N-ethyl adjacent to an activating group) is 1. The molecule has 0 saturated carbocycles. The maximum Gasteiger partial charge on any atom is 0.305 e. The lowest BCUT2D eigenvalue weighted by atomic mass is 10.0. The van der Waals surface area contributed by atoms with Gasteiger partial charge >= 0.3 is 5.97 Å². The lowest BCUT2D eigenvalue weighted by Gasteiger charge is -2.22. The molecule has 0 amide bonds. The number of aryl methyl sites for hydroxylation is 2. The second-order valence-electron chi connectivity index (χ2n) is 6.80. The van der Waals surface area contributed by atoms with Crippen LogP contribution in [-0.2, 0) is 22.4 Å². The Bertz CT molecular complexity index is 688. The van der Waals surface area contributed by atoms with E-state index in [4.69, 9.17) is 14.6 Å². The lowest BCUT2D eigenvalue weighted by molar-refractivity contribution is -0.138. The van der Waals surface area contributed by atoms with Crippen LogP contribution in [0.1, 0.15) is 17.5 Å². The molecule has 0 aliphatic carbocycles. The molecule has 0 saturated heterocycles. The van der Waals surface area contributed by atoms with E-state index in [2.05, 4.69) is 30.3 Å². The number of carboxylic acids is 1. The van der Waals surface area contributed by atoms with Crippen LogP contribution in [0, 0.1) is 0 Å². The third kappa shape index (κ3) is 8.24. The fourth-order valence-electron chi connectivity index (χ4n) is 2.83. The highest BCUT2D eigenvalue weighted by molar-refractivity contribution is 5.66. The summed E-state index contributed by atoms with van der Waals surface area (Å²) in [4.78, 5) is 12.7. The largest absolute Gasteiger partial charge is 0.491 e. The van der Waals surface area contributed by atoms with Gasteiger partial charge in [-0.15, -0.1) is 0 Å². The van der Waals surface area contributed by atoms with E-state index in [1.807, 2.05) is 43.3 Å². The summed E-state index contributed by atoms with van der Waals surface area (Å²) in [5.41, 5.74) is 2.46. The first kappa shape index (κ1) is 20.9. The van der Waals surface area contributed by atoms with Gasteiger partial charge in [-0.3, -0.25) is 4.79 Å². The topological polar surface area (TPSA) is 59.0 Å². The van der Waals surface area contributed by atoms with Crippen molar-refractivity contribution in [2.24, 2.45) is 0 Å². The maximum absolute atomic E-state index is 10.7. The summed E-state index contributed by atoms with van der Waals surface area (Å²) in [6, 6.07) is 18.4. The minimum Gasteiger partial charge on any atom is -0.491 e. The van der Waals surface area contributed by atoms with Crippen molar-refractivity contribution >= 4 is 5.97 Å². The molecule has 0 spiro atoms. The Kier molecular flexibility index (Phi) is 8.81. The first-order valence-electron chi connectivity index (χ1n) is 9.27. The lowest BCUT2D eigenvalue weighted by Crippen LogP contribution is -2.34. The Hall–Kier alpha value is -2.37. The number of aliphatic carboxylic acids is 1. The number of hydrogen-bond donors (Lipinski definition) is 1. The van der Waals surface area contributed by atoms with Crippen LogP contribution in [-0.4, -0.2) is 55.9 Å². The summed E-state index contributed by atoms with van der Waals surface area (Å²) in [5, 5.41) is 8.78. The molecule has 0 aromatic heterocycles. The minimum atomic E-state index is -0.856. The van der Waals surface area contributed by atoms with E-state index in [0.29, 0.717) is 13.2 Å². The van der Waals surface area contributed by atoms with E-state index in [-0.39, 0.29) is 19.1 Å². The Balaban J connectivity index is 1.92. The first-order chi connectivity index (χ1) is 13.0. The molecule has 0 radical (unpaired) electrons. The molecule has 2 rings (SSSR count). The zero-order chi connectivity index (χ0) is 19.5. The van der Waals surface area contributed by atoms with Crippen molar-refractivity contribution in [2.45, 2.75) is 25.4 Å². The number of ether oxygens (including phenoxy) is 2. The quantitative estimate of drug-likeness (QED) is 0.620. The van der Waals surface area contributed by atoms with Crippen LogP contribution in [0.25, 0.3) is 0 Å². The Morgan fingerprint density at radius 3 is 2.44 bits per heavy atom. The fourth-order valence-corrected chi connectivity index (χ4v) is 2.83. The van der Waals surface area contributed by atoms with Gasteiger partial charge in [-0.1, -0.05) is 48.5 Å². The molecule has 0 heterocycles. The van der Waals surface area contributed by atoms with E-state index < -0.39 is 5.97 Å². The summed E-state index contributed by atoms with van der Waals surface area (Å²) in [7, 11) is 3.92. The predicted octanol–water partition coefficient (Wildman–Crippen LogP) is 3.27. The van der Waals surface area contributed by atoms with Gasteiger partial charge in [-0.25, -0.2) is 0 Å². The first-order valence-corrected chi connectivity index (χ1v) is 9.27. The van der Waals surface area contributed by atoms with Gasteiger partial charge in [-0.05, 0) is 44.1 Å². The van der Waals surface area contributed by atoms with Crippen LogP contribution >= 0.6 is 0 Å². The molecule has 0 bridgehead atoms. The predicted molar refractivity (Wildman–Crippen MR) is 106 cm³/mol. The van der Waals surface area contributed by atoms with Crippen LogP contribution in [0.5, 0.6) is 5.75 Å². The fraction of sp³-hybridized carbons (Fsp3) is 0.409. The summed E-state index contributed by atoms with van der Waals surface area (Å²) in [6.07, 6.45) is 1.68. The highest BCUT2D eigenvalue weighted by Gasteiger charge is 2.14. The number of nitrogens with zero attached hydrogens (tertiary/aromatic N) is 1. The zero-order valence-electron chi connectivity index (χ0n) is 16.1. The molecule has 0 aliphatic rings. The van der Waals surface area contributed by atoms with Crippen molar-refractivity contribution in [3.05, 3.63) is 65.7 Å². The number of carbonyl (C=O) groups is 1. The van der Waals surface area contributed by atoms with E-state index >= 15 is 0 Å². The number of benzene rings is 2. The van der Waals surface area contributed by atoms with Gasteiger partial charge in [0, 0.05) is 6.54 Å². The van der Waals surface area contributed by atoms with Crippen molar-refractivity contribution in [1.29, 1.82) is 0 Å². The van der Waals surface area contributed by atoms with Crippen LogP contribution < -0.4 is 4.74 Å². The van der Waals surface area contributed by atoms with Crippen molar-refractivity contribution in [3.63, 3.8) is 0 Å². The molecule has 27 heavy (non-hydrogen) atoms. The number of carboxylic acid groups (broad SMARTS) is 1. The minimum absolute atomic E-state index is 0.00239. The Morgan fingerprint density at radius 1 is 1.04 bits per heavy atom. The molecule has 1 unspecified atom stereocenters. The molecule has 5 nitrogen and oxygen atoms in total. The van der Waals surface area contributed by atoms with Gasteiger partial charge in [0.05, 0.1) is 13.0 Å². The van der Waals surface area contributed by atoms with Crippen LogP contribution in [0.2, 0.25) is 0 Å². The molecule has 146 valence electrons. The summed E-state index contributed by atoms with van der Waals surface area (Å²) in [5.74, 6) is 0.00445. The van der Waals surface area contributed by atoms with Crippen molar-refractivity contribution < 1.29 is 19.4 Å². The molecule has 1 atom stereocenters. The third-order valence-corrected chi connectivity index (χ3v) is 4.16. The monoisotopic (exact) mass is 371 g/mol. The normalized spacial score (nSPS) is 12.1. The third-order valence-electron chi connectivity index (χ3n) is 4.16. The smallest absolute Gasteiger partial charge is 0.305 e. The Labute approximate surface area is 161 Å². The summed E-state index contributed by atoms with van der Waals surface area (Å²) >= 11 is 0. The summed E-state index contributed by atoms with van der Waals surface area (Å²) < 4.78 is 11.8. The van der Waals surface area contributed by atoms with Gasteiger partial charge in [0.2, 0.25) is 0 Å². The van der Waals surface area contributed by atoms with Crippen LogP contribution in [0.15, 0.2) is 54.6 Å². The molecule has 5 heteroatoms. The average molecular weight is 371 g/mol. The molecule has 0 aliphatic heterocycles. The van der Waals surface area contributed by atoms with E-state index in [9.17, 15) is 4.79 Å². The maximum atomic E-state index is 10.7. The second-order valence-corrected chi connectivity index (χ2v) is 6.80. The standard InChI is InChI=1S/C22H29NO4/c1-23(2)16-20(26-15-14-22(24)25)17-27-21-11-7-6-10-19(21)13-12-18-8-4-3-5-9-18/h3-11,20H,12-17H2,1-2H3,(H,24,25). The average Bonchev–Trinajstić information content (AvgIpc) is 2.65. The SMILES string of the molecule is CN(C)CC(COc1ccccc1CCc1ccccc1)OCCC(=O)O. The van der Waals surface area contributed by atoms with Crippen molar-refractivity contribution in [3.8, 4) is 5.75 Å². The summed E-state index contributed by atoms with van der Waals surface area (Å²) in [6.45, 7) is 1.25. The van der Waals surface area contributed by atoms with Crippen LogP contribution in [0.3, 0.4) is 0 Å². The molecular formula is C22H29NO4. The van der Waals surface area contributed by atoms with Gasteiger partial charge in [0.15, 0.2) is 0 Å². The second kappa shape index (κ2) is 11.4. The Morgan fingerprint density at radius 2 is 1.74 bits per heavy atom. The highest BCUT2D eigenvalue weighted by atomic mass is 16.5. The zero-order valence-corrected chi connectivity index (χ0v) is 16.1. The van der Waals surface area contributed by atoms with Gasteiger partial charge in [0.1, 0.15) is 18.5 Å². The van der Waals surface area contributed by atoms with E-state index in [1.165, 1.54) is 5.56 Å². The van der Waals surface area contributed by atoms with Gasteiger partial charge < -0.3 is 19.5 Å². The molecule has 2 aromatic carbocycles. The number of rotatable bonds is 12. The molecule has 1 N–H and O–H groups in total. The number of para-hydroxylation sites is 1. The van der Waals surface area contributed by atoms with Gasteiger partial charge in [0.25, 0.3) is 0 Å². The van der Waals surface area contributed by atoms with Crippen LogP contribution in [0.4, 0.5) is 0 Å². The van der Waals surface area contributed by atoms with E-state index in [1.54, 1.807) is 0 Å². The highest BCUT2D eigenvalue weighted by Crippen LogP contribution is 2.20. The van der Waals surface area contributed by atoms with Gasteiger partial charge in [-0.2, -0.15) is 0 Å². The number of hydrogen-bond acceptors (Lipinski definition) is 4.